The van der Waals surface area contributed by atoms with Gasteiger partial charge in [-0.2, -0.15) is 0 Å². The third-order valence-corrected chi connectivity index (χ3v) is 2.62. The van der Waals surface area contributed by atoms with Crippen LogP contribution in [0.1, 0.15) is 5.69 Å². The highest BCUT2D eigenvalue weighted by atomic mass is 35.7. The first-order valence-electron chi connectivity index (χ1n) is 3.96. The zero-order valence-electron chi connectivity index (χ0n) is 8.23. The molecular weight excluding hydrogens is 242 g/mol. The second-order valence-corrected chi connectivity index (χ2v) is 5.45. The van der Waals surface area contributed by atoms with Gasteiger partial charge in [0.25, 0.3) is 0 Å². The van der Waals surface area contributed by atoms with E-state index in [-0.39, 0.29) is 11.4 Å². The van der Waals surface area contributed by atoms with Gasteiger partial charge >= 0.3 is 0 Å². The number of halogens is 1. The Morgan fingerprint density at radius 2 is 2.07 bits per heavy atom. The molecule has 0 unspecified atom stereocenters. The highest BCUT2D eigenvalue weighted by molar-refractivity contribution is 8.13. The average molecular weight is 252 g/mol. The van der Waals surface area contributed by atoms with E-state index in [0.29, 0.717) is 5.75 Å². The summed E-state index contributed by atoms with van der Waals surface area (Å²) in [5, 5.41) is 0. The van der Waals surface area contributed by atoms with Crippen molar-refractivity contribution in [2.24, 2.45) is 0 Å². The molecule has 0 aliphatic rings. The molecule has 0 saturated heterocycles. The van der Waals surface area contributed by atoms with Crippen LogP contribution in [-0.2, 0) is 14.8 Å². The average Bonchev–Trinajstić information content (AvgIpc) is 2.15. The molecule has 1 heterocycles. The predicted octanol–water partition coefficient (Wildman–Crippen LogP) is 1.17. The zero-order valence-corrected chi connectivity index (χ0v) is 9.80. The second kappa shape index (κ2) is 4.67. The number of nitrogens with zero attached hydrogens (tertiary/aromatic N) is 1. The number of hydrogen-bond donors (Lipinski definition) is 0. The van der Waals surface area contributed by atoms with Gasteiger partial charge < -0.3 is 9.47 Å². The second-order valence-electron chi connectivity index (χ2n) is 2.68. The van der Waals surface area contributed by atoms with Crippen molar-refractivity contribution in [3.05, 3.63) is 18.0 Å². The van der Waals surface area contributed by atoms with Gasteiger partial charge in [-0.15, -0.1) is 0 Å². The molecule has 1 rings (SSSR count). The van der Waals surface area contributed by atoms with Crippen LogP contribution in [0.25, 0.3) is 0 Å². The maximum Gasteiger partial charge on any atom is 0.238 e. The van der Waals surface area contributed by atoms with Gasteiger partial charge in [0.05, 0.1) is 14.2 Å². The molecule has 15 heavy (non-hydrogen) atoms. The molecular formula is C8H10ClNO4S. The first kappa shape index (κ1) is 12.1. The van der Waals surface area contributed by atoms with E-state index in [1.807, 2.05) is 0 Å². The molecule has 0 aliphatic carbocycles. The summed E-state index contributed by atoms with van der Waals surface area (Å²) in [4.78, 5) is 3.87. The Morgan fingerprint density at radius 1 is 1.40 bits per heavy atom. The van der Waals surface area contributed by atoms with Gasteiger partial charge in [0.1, 0.15) is 11.4 Å². The third-order valence-electron chi connectivity index (χ3n) is 1.68. The summed E-state index contributed by atoms with van der Waals surface area (Å²) in [5.41, 5.74) is 0.229. The molecule has 0 aromatic carbocycles. The molecule has 0 saturated carbocycles. The predicted molar refractivity (Wildman–Crippen MR) is 55.8 cm³/mol. The summed E-state index contributed by atoms with van der Waals surface area (Å²) < 4.78 is 31.8. The Labute approximate surface area is 92.4 Å². The van der Waals surface area contributed by atoms with Crippen molar-refractivity contribution in [2.75, 3.05) is 14.2 Å². The fourth-order valence-electron chi connectivity index (χ4n) is 1.12. The highest BCUT2D eigenvalue weighted by Crippen LogP contribution is 2.30. The number of aromatic nitrogens is 1. The van der Waals surface area contributed by atoms with Crippen molar-refractivity contribution in [1.29, 1.82) is 0 Å². The number of pyridine rings is 1. The fraction of sp³-hybridized carbons (Fsp3) is 0.375. The summed E-state index contributed by atoms with van der Waals surface area (Å²) in [7, 11) is 4.33. The first-order valence-corrected chi connectivity index (χ1v) is 6.44. The molecule has 5 nitrogen and oxygen atoms in total. The van der Waals surface area contributed by atoms with Crippen molar-refractivity contribution >= 4 is 19.7 Å². The molecule has 0 spiro atoms. The number of hydrogen-bond acceptors (Lipinski definition) is 5. The van der Waals surface area contributed by atoms with Crippen LogP contribution in [0.4, 0.5) is 0 Å². The first-order chi connectivity index (χ1) is 6.98. The van der Waals surface area contributed by atoms with Crippen molar-refractivity contribution in [3.63, 3.8) is 0 Å². The van der Waals surface area contributed by atoms with E-state index in [1.165, 1.54) is 20.4 Å². The highest BCUT2D eigenvalue weighted by Gasteiger charge is 2.16. The Bertz CT molecular complexity index is 446. The number of rotatable bonds is 4. The minimum absolute atomic E-state index is 0.229. The van der Waals surface area contributed by atoms with Crippen molar-refractivity contribution in [1.82, 2.24) is 4.98 Å². The van der Waals surface area contributed by atoms with Gasteiger partial charge in [0.2, 0.25) is 9.05 Å². The summed E-state index contributed by atoms with van der Waals surface area (Å²) in [6.45, 7) is 0. The van der Waals surface area contributed by atoms with Gasteiger partial charge in [-0.3, -0.25) is 4.98 Å². The van der Waals surface area contributed by atoms with E-state index in [4.69, 9.17) is 20.2 Å². The summed E-state index contributed by atoms with van der Waals surface area (Å²) in [6, 6.07) is 1.57. The van der Waals surface area contributed by atoms with E-state index in [0.717, 1.165) is 0 Å². The van der Waals surface area contributed by atoms with Crippen molar-refractivity contribution in [2.45, 2.75) is 5.75 Å². The smallest absolute Gasteiger partial charge is 0.238 e. The summed E-state index contributed by atoms with van der Waals surface area (Å²) in [5.74, 6) is 0.307. The van der Waals surface area contributed by atoms with Crippen LogP contribution < -0.4 is 9.47 Å². The molecule has 0 radical (unpaired) electrons. The van der Waals surface area contributed by atoms with Crippen molar-refractivity contribution in [3.8, 4) is 11.5 Å². The van der Waals surface area contributed by atoms with Crippen LogP contribution >= 0.6 is 10.7 Å². The lowest BCUT2D eigenvalue weighted by Gasteiger charge is -2.09. The van der Waals surface area contributed by atoms with Gasteiger partial charge in [-0.05, 0) is 0 Å². The van der Waals surface area contributed by atoms with E-state index >= 15 is 0 Å². The monoisotopic (exact) mass is 251 g/mol. The fourth-order valence-corrected chi connectivity index (χ4v) is 1.96. The lowest BCUT2D eigenvalue weighted by Crippen LogP contribution is -2.02. The van der Waals surface area contributed by atoms with E-state index in [2.05, 4.69) is 4.98 Å². The minimum Gasteiger partial charge on any atom is -0.493 e. The quantitative estimate of drug-likeness (QED) is 0.752. The van der Waals surface area contributed by atoms with E-state index in [1.54, 1.807) is 6.07 Å². The maximum atomic E-state index is 10.9. The zero-order chi connectivity index (χ0) is 11.5. The molecule has 7 heteroatoms. The molecule has 0 atom stereocenters. The largest absolute Gasteiger partial charge is 0.493 e. The Kier molecular flexibility index (Phi) is 3.76. The Hall–Kier alpha value is -1.01. The summed E-state index contributed by atoms with van der Waals surface area (Å²) >= 11 is 0. The lowest BCUT2D eigenvalue weighted by molar-refractivity contribution is 0.350. The lowest BCUT2D eigenvalue weighted by atomic mass is 10.3. The Morgan fingerprint density at radius 3 is 2.53 bits per heavy atom. The topological polar surface area (TPSA) is 65.5 Å². The van der Waals surface area contributed by atoms with Crippen LogP contribution in [0.15, 0.2) is 12.3 Å². The van der Waals surface area contributed by atoms with Crippen molar-refractivity contribution < 1.29 is 17.9 Å². The molecule has 0 amide bonds. The molecule has 1 aromatic rings. The molecule has 0 aliphatic heterocycles. The van der Waals surface area contributed by atoms with Gasteiger partial charge in [0.15, 0.2) is 11.5 Å². The van der Waals surface area contributed by atoms with Crippen LogP contribution in [0.2, 0.25) is 0 Å². The number of methoxy groups -OCH3 is 2. The third kappa shape index (κ3) is 3.24. The molecule has 0 bridgehead atoms. The molecule has 0 fully saturated rings. The van der Waals surface area contributed by atoms with Gasteiger partial charge in [-0.25, -0.2) is 8.42 Å². The van der Waals surface area contributed by atoms with Crippen LogP contribution in [0.5, 0.6) is 11.5 Å². The maximum absolute atomic E-state index is 10.9. The van der Waals surface area contributed by atoms with Crippen LogP contribution in [0.3, 0.4) is 0 Å². The Balaban J connectivity index is 3.18. The van der Waals surface area contributed by atoms with Crippen LogP contribution in [-0.4, -0.2) is 27.6 Å². The normalized spacial score (nSPS) is 11.1. The van der Waals surface area contributed by atoms with Gasteiger partial charge in [-0.1, -0.05) is 0 Å². The van der Waals surface area contributed by atoms with E-state index < -0.39 is 14.8 Å². The van der Waals surface area contributed by atoms with Gasteiger partial charge in [0, 0.05) is 22.9 Å². The van der Waals surface area contributed by atoms with E-state index in [9.17, 15) is 8.42 Å². The summed E-state index contributed by atoms with van der Waals surface area (Å²) in [6.07, 6.45) is 1.43. The molecule has 0 N–H and O–H groups in total. The van der Waals surface area contributed by atoms with Crippen LogP contribution in [0, 0.1) is 0 Å². The molecule has 1 aromatic heterocycles. The molecule has 84 valence electrons. The minimum atomic E-state index is -3.66. The SMILES string of the molecule is COc1ccnc(CS(=O)(=O)Cl)c1OC. The number of ether oxygens (including phenoxy) is 2. The standard InChI is InChI=1S/C8H10ClNO4S/c1-13-7-3-4-10-6(8(7)14-2)5-15(9,11)12/h3-4H,5H2,1-2H3.